The third-order valence-electron chi connectivity index (χ3n) is 5.24. The summed E-state index contributed by atoms with van der Waals surface area (Å²) in [5.74, 6) is -0.0257. The van der Waals surface area contributed by atoms with Crippen LogP contribution in [0.4, 0.5) is 10.3 Å². The van der Waals surface area contributed by atoms with E-state index in [1.807, 2.05) is 60.7 Å². The van der Waals surface area contributed by atoms with E-state index in [4.69, 9.17) is 0 Å². The Hall–Kier alpha value is -4.18. The molecule has 0 atom stereocenters. The number of anilines is 2. The molecule has 0 radical (unpaired) electrons. The van der Waals surface area contributed by atoms with Crippen LogP contribution in [0.3, 0.4) is 0 Å². The van der Waals surface area contributed by atoms with Gasteiger partial charge in [0.1, 0.15) is 0 Å². The zero-order valence-electron chi connectivity index (χ0n) is 20.6. The number of hydrogen-bond acceptors (Lipinski definition) is 10. The van der Waals surface area contributed by atoms with Crippen LogP contribution in [0.15, 0.2) is 121 Å². The molecule has 0 unspecified atom stereocenters. The summed E-state index contributed by atoms with van der Waals surface area (Å²) in [6, 6.07) is 15.9. The standard InChI is InChI=1S/2C14H11N3OS.Zn/c2*18-12-7-3-1-5-10(12)9-15-17-14-16-11-6-2-4-8-13(11)19-14;/h2*1-9,15H,(H,16,17);/b2*10-9-;. The molecule has 0 aliphatic heterocycles. The fourth-order valence-electron chi connectivity index (χ4n) is 3.40. The van der Waals surface area contributed by atoms with E-state index in [1.165, 1.54) is 12.2 Å². The minimum atomic E-state index is -0.0129. The molecule has 2 aromatic heterocycles. The van der Waals surface area contributed by atoms with E-state index in [0.29, 0.717) is 11.1 Å². The minimum absolute atomic E-state index is 0. The van der Waals surface area contributed by atoms with Crippen molar-refractivity contribution in [1.82, 2.24) is 20.8 Å². The van der Waals surface area contributed by atoms with Crippen molar-refractivity contribution in [3.05, 3.63) is 121 Å². The van der Waals surface area contributed by atoms with Crippen molar-refractivity contribution >= 4 is 64.9 Å². The van der Waals surface area contributed by atoms with Crippen molar-refractivity contribution in [2.75, 3.05) is 10.9 Å². The van der Waals surface area contributed by atoms with Gasteiger partial charge in [-0.05, 0) is 48.6 Å². The number of hydrazine groups is 2. The minimum Gasteiger partial charge on any atom is -0.306 e. The largest absolute Gasteiger partial charge is 0.306 e. The van der Waals surface area contributed by atoms with Crippen molar-refractivity contribution < 1.29 is 29.1 Å². The number of aromatic nitrogens is 2. The first-order chi connectivity index (χ1) is 18.7. The van der Waals surface area contributed by atoms with Crippen molar-refractivity contribution in [2.24, 2.45) is 0 Å². The van der Waals surface area contributed by atoms with Gasteiger partial charge in [-0.1, -0.05) is 71.2 Å². The summed E-state index contributed by atoms with van der Waals surface area (Å²) in [6.07, 6.45) is 16.9. The second-order valence-electron chi connectivity index (χ2n) is 7.88. The van der Waals surface area contributed by atoms with E-state index in [0.717, 1.165) is 30.7 Å². The summed E-state index contributed by atoms with van der Waals surface area (Å²) in [7, 11) is 0. The van der Waals surface area contributed by atoms with E-state index >= 15 is 0 Å². The Bertz CT molecular complexity index is 1490. The molecule has 4 aromatic rings. The molecule has 0 bridgehead atoms. The summed E-state index contributed by atoms with van der Waals surface area (Å²) < 4.78 is 2.24. The van der Waals surface area contributed by atoms with Crippen LogP contribution in [0.2, 0.25) is 0 Å². The molecule has 0 saturated heterocycles. The third-order valence-corrected chi connectivity index (χ3v) is 7.14. The van der Waals surface area contributed by atoms with Gasteiger partial charge in [-0.3, -0.25) is 20.4 Å². The quantitative estimate of drug-likeness (QED) is 0.129. The van der Waals surface area contributed by atoms with Gasteiger partial charge in [-0.15, -0.1) is 0 Å². The first-order valence-corrected chi connectivity index (χ1v) is 13.2. The van der Waals surface area contributed by atoms with Crippen LogP contribution in [-0.2, 0) is 29.1 Å². The number of carbonyl (C=O) groups excluding carboxylic acids is 2. The van der Waals surface area contributed by atoms with Crippen molar-refractivity contribution in [1.29, 1.82) is 0 Å². The molecule has 2 aliphatic rings. The number of nitrogens with zero attached hydrogens (tertiary/aromatic N) is 2. The predicted molar refractivity (Wildman–Crippen MR) is 155 cm³/mol. The number of para-hydroxylation sites is 2. The van der Waals surface area contributed by atoms with Gasteiger partial charge in [-0.25, -0.2) is 9.97 Å². The number of hydrogen-bond donors (Lipinski definition) is 4. The Morgan fingerprint density at radius 3 is 1.41 bits per heavy atom. The number of thiazole rings is 2. The van der Waals surface area contributed by atoms with Crippen LogP contribution in [0.25, 0.3) is 20.4 Å². The summed E-state index contributed by atoms with van der Waals surface area (Å²) in [5, 5.41) is 1.53. The van der Waals surface area contributed by atoms with Crippen LogP contribution >= 0.6 is 22.7 Å². The smallest absolute Gasteiger partial charge is 0.202 e. The molecule has 190 valence electrons. The van der Waals surface area contributed by atoms with Crippen LogP contribution in [0.5, 0.6) is 0 Å². The Balaban J connectivity index is 0.000000176. The predicted octanol–water partition coefficient (Wildman–Crippen LogP) is 5.58. The van der Waals surface area contributed by atoms with Gasteiger partial charge in [0.15, 0.2) is 11.6 Å². The maximum atomic E-state index is 11.5. The summed E-state index contributed by atoms with van der Waals surface area (Å²) in [4.78, 5) is 31.8. The first-order valence-electron chi connectivity index (χ1n) is 11.6. The molecule has 11 heteroatoms. The van der Waals surface area contributed by atoms with Gasteiger partial charge < -0.3 is 10.9 Å². The molecule has 0 spiro atoms. The molecule has 0 fully saturated rings. The topological polar surface area (TPSA) is 108 Å². The normalized spacial score (nSPS) is 15.8. The molecular weight excluding hydrogens is 582 g/mol. The van der Waals surface area contributed by atoms with Gasteiger partial charge in [0.05, 0.1) is 20.4 Å². The van der Waals surface area contributed by atoms with Gasteiger partial charge in [-0.2, -0.15) is 0 Å². The fraction of sp³-hybridized carbons (Fsp3) is 0. The van der Waals surface area contributed by atoms with Crippen molar-refractivity contribution in [3.63, 3.8) is 0 Å². The maximum Gasteiger partial charge on any atom is 0.202 e. The Labute approximate surface area is 245 Å². The van der Waals surface area contributed by atoms with Gasteiger partial charge in [0, 0.05) is 43.0 Å². The average molecular weight is 604 g/mol. The molecule has 2 heterocycles. The van der Waals surface area contributed by atoms with Crippen molar-refractivity contribution in [3.8, 4) is 0 Å². The van der Waals surface area contributed by atoms with Crippen LogP contribution < -0.4 is 21.7 Å². The number of carbonyl (C=O) groups is 2. The summed E-state index contributed by atoms with van der Waals surface area (Å²) in [6.45, 7) is 0. The van der Waals surface area contributed by atoms with Gasteiger partial charge in [0.2, 0.25) is 10.3 Å². The number of ketones is 2. The molecule has 2 aliphatic carbocycles. The molecule has 4 N–H and O–H groups in total. The molecule has 39 heavy (non-hydrogen) atoms. The number of nitrogens with one attached hydrogen (secondary N) is 4. The van der Waals surface area contributed by atoms with E-state index in [9.17, 15) is 9.59 Å². The third kappa shape index (κ3) is 7.45. The average Bonchev–Trinajstić information content (AvgIpc) is 3.55. The van der Waals surface area contributed by atoms with E-state index in [1.54, 1.807) is 59.4 Å². The van der Waals surface area contributed by atoms with Gasteiger partial charge >= 0.3 is 0 Å². The SMILES string of the molecule is O=C1C=CC=C/C1=C/NNc1nc2ccccc2s1.O=C1C=CC=C/C1=C/NNc1nc2ccccc2s1.[Zn]. The molecule has 6 rings (SSSR count). The van der Waals surface area contributed by atoms with Gasteiger partial charge in [0.25, 0.3) is 0 Å². The Kier molecular flexibility index (Phi) is 9.69. The number of fused-ring (bicyclic) bond motifs is 2. The Morgan fingerprint density at radius 2 is 1.00 bits per heavy atom. The first kappa shape index (κ1) is 27.8. The number of allylic oxidation sites excluding steroid dienone is 10. The number of rotatable bonds is 6. The van der Waals surface area contributed by atoms with Crippen LogP contribution in [-0.4, -0.2) is 21.5 Å². The molecule has 2 aromatic carbocycles. The number of benzene rings is 2. The molecule has 0 saturated carbocycles. The maximum absolute atomic E-state index is 11.5. The second-order valence-corrected chi connectivity index (χ2v) is 9.94. The molecule has 0 amide bonds. The van der Waals surface area contributed by atoms with Crippen molar-refractivity contribution in [2.45, 2.75) is 0 Å². The zero-order valence-corrected chi connectivity index (χ0v) is 25.2. The summed E-state index contributed by atoms with van der Waals surface area (Å²) >= 11 is 3.11. The van der Waals surface area contributed by atoms with E-state index in [-0.39, 0.29) is 31.0 Å². The van der Waals surface area contributed by atoms with Crippen LogP contribution in [0.1, 0.15) is 0 Å². The molecular formula is C28H22N6O2S2Zn. The Morgan fingerprint density at radius 1 is 0.590 bits per heavy atom. The van der Waals surface area contributed by atoms with E-state index < -0.39 is 0 Å². The fourth-order valence-corrected chi connectivity index (χ4v) is 5.06. The van der Waals surface area contributed by atoms with Crippen LogP contribution in [0, 0.1) is 0 Å². The summed E-state index contributed by atoms with van der Waals surface area (Å²) in [5.41, 5.74) is 14.9. The van der Waals surface area contributed by atoms with E-state index in [2.05, 4.69) is 31.7 Å². The zero-order chi connectivity index (χ0) is 26.2. The second kappa shape index (κ2) is 13.6. The monoisotopic (exact) mass is 602 g/mol. The molecule has 8 nitrogen and oxygen atoms in total.